The number of nitrogens with one attached hydrogen (secondary N) is 2. The molecule has 0 amide bonds. The van der Waals surface area contributed by atoms with Crippen LogP contribution >= 0.6 is 31.9 Å². The number of aromatic amines is 2. The smallest absolute Gasteiger partial charge is 0.189 e. The van der Waals surface area contributed by atoms with E-state index in [2.05, 4.69) is 54.0 Å². The van der Waals surface area contributed by atoms with Crippen LogP contribution in [-0.2, 0) is 9.47 Å². The minimum atomic E-state index is 0.0845. The molecule has 0 unspecified atom stereocenters. The lowest BCUT2D eigenvalue weighted by atomic mass is 10.0. The number of hydrogen-bond acceptors (Lipinski definition) is 8. The van der Waals surface area contributed by atoms with Crippen LogP contribution in [0.2, 0.25) is 0 Å². The van der Waals surface area contributed by atoms with E-state index in [0.29, 0.717) is 37.6 Å². The predicted octanol–water partition coefficient (Wildman–Crippen LogP) is 8.99. The van der Waals surface area contributed by atoms with E-state index in [1.165, 1.54) is 0 Å². The van der Waals surface area contributed by atoms with Crippen molar-refractivity contribution in [3.8, 4) is 33.8 Å². The molecule has 0 aliphatic carbocycles. The summed E-state index contributed by atoms with van der Waals surface area (Å²) in [5, 5.41) is 17.9. The summed E-state index contributed by atoms with van der Waals surface area (Å²) in [5.41, 5.74) is 10.5. The Bertz CT molecular complexity index is 2100. The van der Waals surface area contributed by atoms with E-state index >= 15 is 0 Å². The van der Waals surface area contributed by atoms with Gasteiger partial charge in [0.1, 0.15) is 11.5 Å². The van der Waals surface area contributed by atoms with Gasteiger partial charge in [0, 0.05) is 35.4 Å². The molecule has 2 aliphatic rings. The van der Waals surface area contributed by atoms with Gasteiger partial charge in [-0.2, -0.15) is 0 Å². The zero-order chi connectivity index (χ0) is 35.9. The number of benzene rings is 2. The molecule has 3 aromatic heterocycles. The molecule has 2 aliphatic heterocycles. The second kappa shape index (κ2) is 16.8. The van der Waals surface area contributed by atoms with E-state index in [4.69, 9.17) is 39.1 Å². The minimum absolute atomic E-state index is 0.0845. The third-order valence-corrected chi connectivity index (χ3v) is 10.1. The minimum Gasteiger partial charge on any atom is -0.468 e. The number of hydrogen-bond donors (Lipinski definition) is 4. The molecule has 10 nitrogen and oxygen atoms in total. The largest absolute Gasteiger partial charge is 0.468 e. The monoisotopic (exact) mass is 826 g/mol. The molecule has 8 bridgehead atoms. The number of aromatic nitrogens is 4. The maximum atomic E-state index is 8.96. The van der Waals surface area contributed by atoms with Crippen LogP contribution in [0.15, 0.2) is 81.7 Å². The lowest BCUT2D eigenvalue weighted by molar-refractivity contribution is 0.00936. The number of ether oxygens (including phenoxy) is 4. The molecule has 52 heavy (non-hydrogen) atoms. The van der Waals surface area contributed by atoms with Gasteiger partial charge in [0.25, 0.3) is 0 Å². The second-order valence-electron chi connectivity index (χ2n) is 11.9. The van der Waals surface area contributed by atoms with Gasteiger partial charge in [0.05, 0.1) is 56.0 Å². The molecule has 4 N–H and O–H groups in total. The van der Waals surface area contributed by atoms with Gasteiger partial charge < -0.3 is 39.1 Å². The van der Waals surface area contributed by atoms with Crippen LogP contribution in [-0.4, -0.2) is 70.2 Å². The van der Waals surface area contributed by atoms with Crippen molar-refractivity contribution in [1.29, 1.82) is 0 Å². The van der Waals surface area contributed by atoms with Crippen LogP contribution in [0, 0.1) is 0 Å². The zero-order valence-corrected chi connectivity index (χ0v) is 31.2. The molecule has 7 rings (SSSR count). The molecule has 0 fully saturated rings. The predicted molar refractivity (Wildman–Crippen MR) is 211 cm³/mol. The summed E-state index contributed by atoms with van der Waals surface area (Å²) in [4.78, 5) is 17.4. The Morgan fingerprint density at radius 2 is 0.885 bits per heavy atom. The molecule has 2 aromatic carbocycles. The summed E-state index contributed by atoms with van der Waals surface area (Å²) in [6, 6.07) is 23.9. The number of rotatable bonds is 14. The number of aliphatic hydroxyl groups is 2. The highest BCUT2D eigenvalue weighted by atomic mass is 79.9. The molecule has 5 heterocycles. The van der Waals surface area contributed by atoms with Crippen molar-refractivity contribution in [2.24, 2.45) is 0 Å². The van der Waals surface area contributed by atoms with E-state index < -0.39 is 0 Å². The standard InChI is InChI=1S/C40H36Br2N4O6/c41-39-33-15-11-29(43-33)37(25-3-7-27(8-4-25)51-23-49-21-1-19-47)30-12-16-34(44-30)40(42)36-18-14-32(46-36)38(31-13-17-35(39)45-31)26-5-9-28(10-6-26)52-24-50-22-2-20-48/h3-18,43,46-48H,1-2,19-24H2. The summed E-state index contributed by atoms with van der Waals surface area (Å²) in [7, 11) is 0. The lowest BCUT2D eigenvalue weighted by Crippen LogP contribution is -2.05. The highest BCUT2D eigenvalue weighted by Crippen LogP contribution is 2.36. The van der Waals surface area contributed by atoms with Gasteiger partial charge in [-0.1, -0.05) is 24.3 Å². The first-order valence-electron chi connectivity index (χ1n) is 16.8. The first kappa shape index (κ1) is 35.8. The normalized spacial score (nSPS) is 12.1. The van der Waals surface area contributed by atoms with Crippen molar-refractivity contribution in [3.05, 3.63) is 105 Å². The lowest BCUT2D eigenvalue weighted by Gasteiger charge is -2.09. The Balaban J connectivity index is 1.32. The van der Waals surface area contributed by atoms with Crippen LogP contribution in [0.5, 0.6) is 11.5 Å². The molecule has 12 heteroatoms. The fourth-order valence-electron chi connectivity index (χ4n) is 5.85. The summed E-state index contributed by atoms with van der Waals surface area (Å²) >= 11 is 7.69. The third kappa shape index (κ3) is 8.07. The van der Waals surface area contributed by atoms with E-state index in [0.717, 1.165) is 76.0 Å². The third-order valence-electron chi connectivity index (χ3n) is 8.42. The summed E-state index contributed by atoms with van der Waals surface area (Å²) in [6.07, 6.45) is 9.20. The van der Waals surface area contributed by atoms with Crippen molar-refractivity contribution in [2.75, 3.05) is 40.0 Å². The maximum Gasteiger partial charge on any atom is 0.189 e. The SMILES string of the molecule is OCCCOCOc1ccc(-c2c3nc(c(Br)c4ccc([nH]4)c(-c4ccc(OCOCCCO)cc4)c4nc(c(Br)c5ccc2[nH]5)C=C4)C=C3)cc1. The Labute approximate surface area is 317 Å². The van der Waals surface area contributed by atoms with Crippen molar-refractivity contribution in [1.82, 2.24) is 19.9 Å². The summed E-state index contributed by atoms with van der Waals surface area (Å²) < 4.78 is 24.0. The van der Waals surface area contributed by atoms with Gasteiger partial charge in [-0.15, -0.1) is 0 Å². The Hall–Kier alpha value is -4.56. The highest BCUT2D eigenvalue weighted by Gasteiger charge is 2.17. The van der Waals surface area contributed by atoms with E-state index in [1.807, 2.05) is 85.0 Å². The molecule has 0 spiro atoms. The average Bonchev–Trinajstić information content (AvgIpc) is 4.01. The number of aliphatic hydroxyl groups excluding tert-OH is 2. The van der Waals surface area contributed by atoms with E-state index in [1.54, 1.807) is 0 Å². The topological polar surface area (TPSA) is 135 Å². The number of fused-ring (bicyclic) bond motifs is 8. The number of halogens is 2. The maximum absolute atomic E-state index is 8.96. The second-order valence-corrected chi connectivity index (χ2v) is 13.5. The molecule has 0 atom stereocenters. The number of H-pyrrole nitrogens is 2. The molecule has 5 aromatic rings. The zero-order valence-electron chi connectivity index (χ0n) is 28.1. The van der Waals surface area contributed by atoms with E-state index in [9.17, 15) is 0 Å². The van der Waals surface area contributed by atoms with Crippen LogP contribution in [0.4, 0.5) is 0 Å². The molecule has 0 saturated heterocycles. The van der Waals surface area contributed by atoms with Crippen molar-refractivity contribution in [2.45, 2.75) is 12.8 Å². The van der Waals surface area contributed by atoms with Crippen molar-refractivity contribution < 1.29 is 29.2 Å². The van der Waals surface area contributed by atoms with Crippen LogP contribution in [0.1, 0.15) is 35.6 Å². The molecular weight excluding hydrogens is 792 g/mol. The summed E-state index contributed by atoms with van der Waals surface area (Å²) in [6.45, 7) is 1.26. The fourth-order valence-corrected chi connectivity index (χ4v) is 6.75. The summed E-state index contributed by atoms with van der Waals surface area (Å²) in [5.74, 6) is 1.36. The number of nitrogens with zero attached hydrogens (tertiary/aromatic N) is 2. The molecular formula is C40H36Br2N4O6. The Morgan fingerprint density at radius 1 is 0.500 bits per heavy atom. The highest BCUT2D eigenvalue weighted by molar-refractivity contribution is 9.11. The van der Waals surface area contributed by atoms with Gasteiger partial charge in [-0.25, -0.2) is 9.97 Å². The van der Waals surface area contributed by atoms with Gasteiger partial charge >= 0.3 is 0 Å². The first-order valence-corrected chi connectivity index (χ1v) is 18.4. The van der Waals surface area contributed by atoms with Crippen LogP contribution < -0.4 is 9.47 Å². The molecule has 266 valence electrons. The fraction of sp³-hybridized carbons (Fsp3) is 0.200. The Kier molecular flexibility index (Phi) is 11.6. The van der Waals surface area contributed by atoms with Crippen molar-refractivity contribution in [3.63, 3.8) is 0 Å². The van der Waals surface area contributed by atoms with Gasteiger partial charge in [-0.3, -0.25) is 0 Å². The van der Waals surface area contributed by atoms with Crippen LogP contribution in [0.25, 0.3) is 68.6 Å². The first-order chi connectivity index (χ1) is 25.5. The quantitative estimate of drug-likeness (QED) is 0.0631. The van der Waals surface area contributed by atoms with Crippen molar-refractivity contribution >= 4 is 78.2 Å². The average molecular weight is 829 g/mol. The Morgan fingerprint density at radius 3 is 1.29 bits per heavy atom. The van der Waals surface area contributed by atoms with Gasteiger partial charge in [0.2, 0.25) is 0 Å². The molecule has 0 saturated carbocycles. The van der Waals surface area contributed by atoms with Crippen LogP contribution in [0.3, 0.4) is 0 Å². The van der Waals surface area contributed by atoms with E-state index in [-0.39, 0.29) is 26.8 Å². The van der Waals surface area contributed by atoms with Gasteiger partial charge in [-0.05, 0) is 129 Å². The van der Waals surface area contributed by atoms with Gasteiger partial charge in [0.15, 0.2) is 13.6 Å². The molecule has 0 radical (unpaired) electrons.